The van der Waals surface area contributed by atoms with Gasteiger partial charge in [-0.15, -0.1) is 14.5 Å². The van der Waals surface area contributed by atoms with Crippen molar-refractivity contribution in [2.24, 2.45) is 0 Å². The summed E-state index contributed by atoms with van der Waals surface area (Å²) in [7, 11) is -0.443. The van der Waals surface area contributed by atoms with E-state index < -0.39 is 9.93 Å². The van der Waals surface area contributed by atoms with E-state index in [0.717, 1.165) is 0 Å². The lowest BCUT2D eigenvalue weighted by Gasteiger charge is -1.95. The monoisotopic (exact) mass is 133 g/mol. The van der Waals surface area contributed by atoms with Crippen molar-refractivity contribution in [3.63, 3.8) is 0 Å². The first-order valence-electron chi connectivity index (χ1n) is 1.87. The molecular weight excluding hydrogens is 128 g/mol. The van der Waals surface area contributed by atoms with Gasteiger partial charge in [0.1, 0.15) is 0 Å². The predicted octanol–water partition coefficient (Wildman–Crippen LogP) is 2.02. The predicted molar refractivity (Wildman–Crippen MR) is 35.5 cm³/mol. The van der Waals surface area contributed by atoms with Crippen molar-refractivity contribution in [1.29, 1.82) is 0 Å². The summed E-state index contributed by atoms with van der Waals surface area (Å²) in [6.45, 7) is 0. The third-order valence-electron chi connectivity index (χ3n) is 0.663. The molecular formula is C4H5OS2. The molecule has 0 amide bonds. The van der Waals surface area contributed by atoms with E-state index in [0.29, 0.717) is 11.1 Å². The molecule has 0 saturated carbocycles. The average Bonchev–Trinajstić information content (AvgIpc) is 2.14. The summed E-state index contributed by atoms with van der Waals surface area (Å²) < 4.78 is 9.98. The Hall–Kier alpha value is 0.140. The van der Waals surface area contributed by atoms with Crippen LogP contribution in [0.3, 0.4) is 0 Å². The molecule has 1 nitrogen and oxygen atoms in total. The molecule has 0 fully saturated rings. The van der Waals surface area contributed by atoms with Crippen molar-refractivity contribution in [3.8, 4) is 0 Å². The molecule has 0 saturated heterocycles. The molecule has 0 atom stereocenters. The molecule has 0 N–H and O–H groups in total. The van der Waals surface area contributed by atoms with E-state index >= 15 is 0 Å². The Balaban J connectivity index is 2.44. The van der Waals surface area contributed by atoms with Crippen molar-refractivity contribution in [2.45, 2.75) is 0 Å². The summed E-state index contributed by atoms with van der Waals surface area (Å²) in [6, 6.07) is 0. The molecule has 1 radical (unpaired) electrons. The Labute approximate surface area is 49.1 Å². The maximum atomic E-state index is 9.98. The van der Waals surface area contributed by atoms with Gasteiger partial charge in [0, 0.05) is 0 Å². The van der Waals surface area contributed by atoms with E-state index in [-0.39, 0.29) is 0 Å². The van der Waals surface area contributed by atoms with Crippen LogP contribution in [-0.2, 0) is 4.55 Å². The first-order valence-corrected chi connectivity index (χ1v) is 4.69. The fourth-order valence-electron chi connectivity index (χ4n) is 0.368. The minimum atomic E-state index is -0.443. The fraction of sp³-hybridized carbons (Fsp3) is 0. The molecule has 0 aliphatic carbocycles. The lowest BCUT2D eigenvalue weighted by Crippen LogP contribution is -1.47. The maximum absolute atomic E-state index is 9.98. The maximum Gasteiger partial charge on any atom is 0.0882 e. The second-order valence-corrected chi connectivity index (χ2v) is 4.29. The van der Waals surface area contributed by atoms with Gasteiger partial charge in [-0.2, -0.15) is 0 Å². The standard InChI is InChI=1S/C4H5OS2/c5-6-7-3-1-2-4-7/h1-4,7H. The Kier molecular flexibility index (Phi) is 1.85. The quantitative estimate of drug-likeness (QED) is 0.329. The van der Waals surface area contributed by atoms with Crippen LogP contribution in [0.2, 0.25) is 0 Å². The Morgan fingerprint density at radius 3 is 2.14 bits per heavy atom. The molecule has 7 heavy (non-hydrogen) atoms. The van der Waals surface area contributed by atoms with Crippen LogP contribution in [0.25, 0.3) is 0 Å². The summed E-state index contributed by atoms with van der Waals surface area (Å²) in [5.74, 6) is 0. The zero-order valence-corrected chi connectivity index (χ0v) is 5.28. The van der Waals surface area contributed by atoms with Gasteiger partial charge in [-0.3, -0.25) is 0 Å². The van der Waals surface area contributed by atoms with E-state index in [9.17, 15) is 4.55 Å². The summed E-state index contributed by atoms with van der Waals surface area (Å²) in [4.78, 5) is 0. The normalized spacial score (nSPS) is 21.6. The zero-order chi connectivity index (χ0) is 5.11. The lowest BCUT2D eigenvalue weighted by atomic mass is 10.6. The van der Waals surface area contributed by atoms with Gasteiger partial charge in [-0.05, 0) is 10.8 Å². The second kappa shape index (κ2) is 2.45. The molecule has 1 aliphatic rings. The van der Waals surface area contributed by atoms with Crippen molar-refractivity contribution >= 4 is 21.0 Å². The molecule has 0 unspecified atom stereocenters. The van der Waals surface area contributed by atoms with Gasteiger partial charge in [0.05, 0.1) is 11.1 Å². The number of thiol groups is 1. The molecule has 39 valence electrons. The Morgan fingerprint density at radius 1 is 1.29 bits per heavy atom. The van der Waals surface area contributed by atoms with Crippen LogP contribution in [0.5, 0.6) is 0 Å². The van der Waals surface area contributed by atoms with Gasteiger partial charge in [0.15, 0.2) is 0 Å². The third-order valence-corrected chi connectivity index (χ3v) is 3.01. The highest BCUT2D eigenvalue weighted by atomic mass is 33.1. The molecule has 0 aromatic rings. The molecule has 0 bridgehead atoms. The average molecular weight is 133 g/mol. The largest absolute Gasteiger partial charge is 0.140 e. The summed E-state index contributed by atoms with van der Waals surface area (Å²) >= 11 is 0.674. The SMILES string of the molecule is [O]S[SH]1C=CC=C1. The number of hydrogen-bond acceptors (Lipinski definition) is 1. The van der Waals surface area contributed by atoms with Crippen LogP contribution in [0.1, 0.15) is 0 Å². The molecule has 1 heterocycles. The summed E-state index contributed by atoms with van der Waals surface area (Å²) in [6.07, 6.45) is 3.83. The van der Waals surface area contributed by atoms with Crippen LogP contribution in [-0.4, -0.2) is 0 Å². The molecule has 0 aromatic heterocycles. The molecule has 1 rings (SSSR count). The van der Waals surface area contributed by atoms with Crippen molar-refractivity contribution < 1.29 is 4.55 Å². The highest BCUT2D eigenvalue weighted by Gasteiger charge is 1.95. The van der Waals surface area contributed by atoms with Crippen LogP contribution in [0.15, 0.2) is 23.0 Å². The minimum Gasteiger partial charge on any atom is -0.140 e. The van der Waals surface area contributed by atoms with Crippen molar-refractivity contribution in [2.75, 3.05) is 0 Å². The van der Waals surface area contributed by atoms with E-state index in [1.54, 1.807) is 0 Å². The van der Waals surface area contributed by atoms with E-state index in [1.165, 1.54) is 0 Å². The van der Waals surface area contributed by atoms with Gasteiger partial charge in [0.2, 0.25) is 0 Å². The van der Waals surface area contributed by atoms with E-state index in [2.05, 4.69) is 0 Å². The van der Waals surface area contributed by atoms with Gasteiger partial charge in [0.25, 0.3) is 0 Å². The lowest BCUT2D eigenvalue weighted by molar-refractivity contribution is 0.541. The van der Waals surface area contributed by atoms with Crippen molar-refractivity contribution in [1.82, 2.24) is 0 Å². The highest BCUT2D eigenvalue weighted by Crippen LogP contribution is 2.43. The summed E-state index contributed by atoms with van der Waals surface area (Å²) in [5.41, 5.74) is 0. The van der Waals surface area contributed by atoms with E-state index in [1.807, 2.05) is 23.0 Å². The van der Waals surface area contributed by atoms with Crippen LogP contribution >= 0.6 is 21.0 Å². The summed E-state index contributed by atoms with van der Waals surface area (Å²) in [5, 5.41) is 3.88. The molecule has 0 spiro atoms. The van der Waals surface area contributed by atoms with Gasteiger partial charge in [-0.25, -0.2) is 0 Å². The van der Waals surface area contributed by atoms with E-state index in [4.69, 9.17) is 0 Å². The van der Waals surface area contributed by atoms with Gasteiger partial charge < -0.3 is 0 Å². The first-order chi connectivity index (χ1) is 3.43. The smallest absolute Gasteiger partial charge is 0.0882 e. The first kappa shape index (κ1) is 5.28. The van der Waals surface area contributed by atoms with Gasteiger partial charge >= 0.3 is 0 Å². The molecule has 3 heteroatoms. The Morgan fingerprint density at radius 2 is 1.86 bits per heavy atom. The second-order valence-electron chi connectivity index (χ2n) is 1.12. The van der Waals surface area contributed by atoms with Crippen LogP contribution in [0, 0.1) is 0 Å². The topological polar surface area (TPSA) is 19.9 Å². The van der Waals surface area contributed by atoms with Crippen LogP contribution in [0.4, 0.5) is 0 Å². The zero-order valence-electron chi connectivity index (χ0n) is 3.57. The van der Waals surface area contributed by atoms with Crippen molar-refractivity contribution in [3.05, 3.63) is 23.0 Å². The highest BCUT2D eigenvalue weighted by molar-refractivity contribution is 8.85. The third kappa shape index (κ3) is 1.26. The Bertz CT molecular complexity index is 96.3. The minimum absolute atomic E-state index is 0.443. The number of hydrogen-bond donors (Lipinski definition) is 1. The number of allylic oxidation sites excluding steroid dienone is 2. The molecule has 1 aliphatic heterocycles. The van der Waals surface area contributed by atoms with Gasteiger partial charge in [-0.1, -0.05) is 12.2 Å². The fourth-order valence-corrected chi connectivity index (χ4v) is 1.83. The van der Waals surface area contributed by atoms with Crippen LogP contribution < -0.4 is 0 Å². The number of rotatable bonds is 1. The molecule has 0 aromatic carbocycles.